The van der Waals surface area contributed by atoms with Gasteiger partial charge in [0, 0.05) is 37.1 Å². The van der Waals surface area contributed by atoms with Crippen LogP contribution in [-0.2, 0) is 13.0 Å². The highest BCUT2D eigenvalue weighted by Gasteiger charge is 2.20. The number of rotatable bonds is 8. The number of aryl methyl sites for hydroxylation is 2. The molecule has 1 atom stereocenters. The standard InChI is InChI=1S/C27H39N3S/c1-6-8-16-29-17-10-12-24-18-23(14-15-26(24)29)19-30(21(4)7-2)27(31)28-25-13-9-11-20(3)22(25)5/h9,11,13-15,18,21H,6-8,10,12,16-17,19H2,1-5H3,(H,28,31)/t21-/m0/s1. The minimum Gasteiger partial charge on any atom is -0.371 e. The van der Waals surface area contributed by atoms with Gasteiger partial charge in [0.25, 0.3) is 0 Å². The van der Waals surface area contributed by atoms with Gasteiger partial charge >= 0.3 is 0 Å². The van der Waals surface area contributed by atoms with Crippen molar-refractivity contribution in [2.24, 2.45) is 0 Å². The summed E-state index contributed by atoms with van der Waals surface area (Å²) in [6, 6.07) is 13.8. The van der Waals surface area contributed by atoms with Gasteiger partial charge in [0.1, 0.15) is 0 Å². The second-order valence-electron chi connectivity index (χ2n) is 8.97. The molecule has 0 saturated carbocycles. The van der Waals surface area contributed by atoms with E-state index in [1.54, 1.807) is 0 Å². The molecule has 0 spiro atoms. The molecule has 1 heterocycles. The minimum absolute atomic E-state index is 0.377. The summed E-state index contributed by atoms with van der Waals surface area (Å²) in [4.78, 5) is 4.92. The average Bonchev–Trinajstić information content (AvgIpc) is 2.78. The van der Waals surface area contributed by atoms with E-state index in [1.807, 2.05) is 0 Å². The highest BCUT2D eigenvalue weighted by molar-refractivity contribution is 7.80. The van der Waals surface area contributed by atoms with Gasteiger partial charge in [-0.05, 0) is 93.1 Å². The second kappa shape index (κ2) is 11.0. The number of thiocarbonyl (C=S) groups is 1. The Morgan fingerprint density at radius 1 is 1.19 bits per heavy atom. The van der Waals surface area contributed by atoms with Crippen LogP contribution < -0.4 is 10.2 Å². The maximum absolute atomic E-state index is 5.90. The van der Waals surface area contributed by atoms with Gasteiger partial charge in [0.15, 0.2) is 5.11 Å². The van der Waals surface area contributed by atoms with Crippen LogP contribution in [0.1, 0.15) is 68.7 Å². The molecular weight excluding hydrogens is 398 g/mol. The van der Waals surface area contributed by atoms with Crippen LogP contribution >= 0.6 is 12.2 Å². The first kappa shape index (κ1) is 23.6. The van der Waals surface area contributed by atoms with Gasteiger partial charge in [-0.1, -0.05) is 44.5 Å². The van der Waals surface area contributed by atoms with Crippen LogP contribution in [0.2, 0.25) is 0 Å². The SMILES string of the molecule is CCCCN1CCCc2cc(CN(C(=S)Nc3cccc(C)c3C)[C@@H](C)CC)ccc21. The van der Waals surface area contributed by atoms with Gasteiger partial charge in [-0.15, -0.1) is 0 Å². The fourth-order valence-electron chi connectivity index (χ4n) is 4.33. The highest BCUT2D eigenvalue weighted by Crippen LogP contribution is 2.29. The van der Waals surface area contributed by atoms with Crippen LogP contribution in [0.25, 0.3) is 0 Å². The van der Waals surface area contributed by atoms with Gasteiger partial charge in [-0.2, -0.15) is 0 Å². The van der Waals surface area contributed by atoms with E-state index in [0.717, 1.165) is 23.8 Å². The van der Waals surface area contributed by atoms with Crippen molar-refractivity contribution in [1.29, 1.82) is 0 Å². The number of anilines is 2. The van der Waals surface area contributed by atoms with Gasteiger partial charge in [-0.25, -0.2) is 0 Å². The molecule has 3 nitrogen and oxygen atoms in total. The van der Waals surface area contributed by atoms with Crippen LogP contribution in [0.15, 0.2) is 36.4 Å². The zero-order valence-electron chi connectivity index (χ0n) is 20.0. The molecule has 0 aromatic heterocycles. The Morgan fingerprint density at radius 3 is 2.74 bits per heavy atom. The van der Waals surface area contributed by atoms with Crippen LogP contribution in [0, 0.1) is 13.8 Å². The normalized spacial score (nSPS) is 14.2. The summed E-state index contributed by atoms with van der Waals surface area (Å²) in [5.41, 5.74) is 7.93. The Bertz CT molecular complexity index is 892. The lowest BCUT2D eigenvalue weighted by Gasteiger charge is -2.34. The van der Waals surface area contributed by atoms with Crippen molar-refractivity contribution >= 4 is 28.7 Å². The molecule has 0 radical (unpaired) electrons. The van der Waals surface area contributed by atoms with Crippen molar-refractivity contribution in [3.05, 3.63) is 58.7 Å². The Morgan fingerprint density at radius 2 is 2.00 bits per heavy atom. The molecule has 2 aromatic rings. The molecule has 4 heteroatoms. The molecule has 0 unspecified atom stereocenters. The number of hydrogen-bond acceptors (Lipinski definition) is 2. The summed E-state index contributed by atoms with van der Waals surface area (Å²) in [7, 11) is 0. The monoisotopic (exact) mass is 437 g/mol. The van der Waals surface area contributed by atoms with E-state index in [4.69, 9.17) is 12.2 Å². The summed E-state index contributed by atoms with van der Waals surface area (Å²) in [5, 5.41) is 4.34. The summed E-state index contributed by atoms with van der Waals surface area (Å²) in [5.74, 6) is 0. The van der Waals surface area contributed by atoms with E-state index in [9.17, 15) is 0 Å². The van der Waals surface area contributed by atoms with Crippen molar-refractivity contribution in [3.8, 4) is 0 Å². The maximum atomic E-state index is 5.90. The molecule has 31 heavy (non-hydrogen) atoms. The minimum atomic E-state index is 0.377. The summed E-state index contributed by atoms with van der Waals surface area (Å²) in [6.45, 7) is 14.3. The summed E-state index contributed by atoms with van der Waals surface area (Å²) < 4.78 is 0. The quantitative estimate of drug-likeness (QED) is 0.455. The van der Waals surface area contributed by atoms with Crippen molar-refractivity contribution in [1.82, 2.24) is 4.90 Å². The third kappa shape index (κ3) is 5.79. The lowest BCUT2D eigenvalue weighted by molar-refractivity contribution is 0.319. The van der Waals surface area contributed by atoms with Crippen LogP contribution in [0.4, 0.5) is 11.4 Å². The van der Waals surface area contributed by atoms with E-state index in [0.29, 0.717) is 6.04 Å². The first-order chi connectivity index (χ1) is 14.9. The number of unbranched alkanes of at least 4 members (excludes halogenated alkanes) is 1. The van der Waals surface area contributed by atoms with E-state index < -0.39 is 0 Å². The Kier molecular flexibility index (Phi) is 8.36. The lowest BCUT2D eigenvalue weighted by Crippen LogP contribution is -2.40. The van der Waals surface area contributed by atoms with Gasteiger partial charge in [-0.3, -0.25) is 0 Å². The van der Waals surface area contributed by atoms with Crippen molar-refractivity contribution in [2.45, 2.75) is 79.3 Å². The zero-order valence-corrected chi connectivity index (χ0v) is 20.8. The number of nitrogens with one attached hydrogen (secondary N) is 1. The Labute approximate surface area is 194 Å². The molecule has 1 aliphatic heterocycles. The predicted molar refractivity (Wildman–Crippen MR) is 139 cm³/mol. The number of nitrogens with zero attached hydrogens (tertiary/aromatic N) is 2. The lowest BCUT2D eigenvalue weighted by atomic mass is 9.98. The molecule has 1 aliphatic rings. The van der Waals surface area contributed by atoms with Gasteiger partial charge < -0.3 is 15.1 Å². The maximum Gasteiger partial charge on any atom is 0.173 e. The van der Waals surface area contributed by atoms with Crippen molar-refractivity contribution < 1.29 is 0 Å². The third-order valence-electron chi connectivity index (χ3n) is 6.72. The van der Waals surface area contributed by atoms with E-state index in [1.165, 1.54) is 66.7 Å². The first-order valence-electron chi connectivity index (χ1n) is 11.9. The molecule has 1 N–H and O–H groups in total. The molecule has 3 rings (SSSR count). The number of fused-ring (bicyclic) bond motifs is 1. The number of hydrogen-bond donors (Lipinski definition) is 1. The molecule has 0 bridgehead atoms. The average molecular weight is 438 g/mol. The van der Waals surface area contributed by atoms with E-state index in [2.05, 4.69) is 86.1 Å². The zero-order chi connectivity index (χ0) is 22.4. The van der Waals surface area contributed by atoms with E-state index in [-0.39, 0.29) is 0 Å². The first-order valence-corrected chi connectivity index (χ1v) is 12.4. The summed E-state index contributed by atoms with van der Waals surface area (Å²) >= 11 is 5.90. The fourth-order valence-corrected chi connectivity index (χ4v) is 4.68. The topological polar surface area (TPSA) is 18.5 Å². The molecule has 0 aliphatic carbocycles. The van der Waals surface area contributed by atoms with Crippen LogP contribution in [0.5, 0.6) is 0 Å². The molecule has 0 saturated heterocycles. The molecule has 2 aromatic carbocycles. The Hall–Kier alpha value is -2.07. The Balaban J connectivity index is 1.78. The van der Waals surface area contributed by atoms with Crippen molar-refractivity contribution in [3.63, 3.8) is 0 Å². The fraction of sp³-hybridized carbons (Fsp3) is 0.519. The molecule has 0 amide bonds. The molecular formula is C27H39N3S. The smallest absolute Gasteiger partial charge is 0.173 e. The van der Waals surface area contributed by atoms with Gasteiger partial charge in [0.2, 0.25) is 0 Å². The third-order valence-corrected chi connectivity index (χ3v) is 7.06. The van der Waals surface area contributed by atoms with Gasteiger partial charge in [0.05, 0.1) is 0 Å². The van der Waals surface area contributed by atoms with Crippen LogP contribution in [-0.4, -0.2) is 29.1 Å². The highest BCUT2D eigenvalue weighted by atomic mass is 32.1. The van der Waals surface area contributed by atoms with E-state index >= 15 is 0 Å². The molecule has 0 fully saturated rings. The molecule has 168 valence electrons. The number of benzene rings is 2. The van der Waals surface area contributed by atoms with Crippen molar-refractivity contribution in [2.75, 3.05) is 23.3 Å². The van der Waals surface area contributed by atoms with Crippen LogP contribution in [0.3, 0.4) is 0 Å². The predicted octanol–water partition coefficient (Wildman–Crippen LogP) is 6.85. The largest absolute Gasteiger partial charge is 0.371 e. The summed E-state index contributed by atoms with van der Waals surface area (Å²) in [6.07, 6.45) is 6.01. The second-order valence-corrected chi connectivity index (χ2v) is 9.36.